The number of benzene rings is 1. The first-order chi connectivity index (χ1) is 14.2. The lowest BCUT2D eigenvalue weighted by Crippen LogP contribution is -2.47. The molecule has 166 valence electrons. The first kappa shape index (κ1) is 23.5. The molecule has 0 radical (unpaired) electrons. The SMILES string of the molecule is COc1cc(OC)cc(C(=O)N[C@H](C(=O)OCC(=O)N2CCC(C)CC2)C(C)C)c1. The quantitative estimate of drug-likeness (QED) is 0.649. The molecule has 1 atom stereocenters. The number of ether oxygens (including phenoxy) is 3. The topological polar surface area (TPSA) is 94.2 Å². The van der Waals surface area contributed by atoms with E-state index in [4.69, 9.17) is 14.2 Å². The standard InChI is InChI=1S/C22H32N2O6/c1-14(2)20(22(27)30-13-19(25)24-8-6-15(3)7-9-24)23-21(26)16-10-17(28-4)12-18(11-16)29-5/h10-12,14-15,20H,6-9,13H2,1-5H3,(H,23,26)/t20-/m0/s1. The average Bonchev–Trinajstić information content (AvgIpc) is 2.75. The van der Waals surface area contributed by atoms with Gasteiger partial charge in [0, 0.05) is 24.7 Å². The summed E-state index contributed by atoms with van der Waals surface area (Å²) < 4.78 is 15.6. The van der Waals surface area contributed by atoms with Gasteiger partial charge >= 0.3 is 5.97 Å². The second-order valence-electron chi connectivity index (χ2n) is 7.97. The highest BCUT2D eigenvalue weighted by atomic mass is 16.5. The highest BCUT2D eigenvalue weighted by molar-refractivity contribution is 5.97. The van der Waals surface area contributed by atoms with Gasteiger partial charge in [0.1, 0.15) is 17.5 Å². The Hall–Kier alpha value is -2.77. The van der Waals surface area contributed by atoms with E-state index < -0.39 is 17.9 Å². The fourth-order valence-electron chi connectivity index (χ4n) is 3.23. The van der Waals surface area contributed by atoms with Crippen LogP contribution >= 0.6 is 0 Å². The summed E-state index contributed by atoms with van der Waals surface area (Å²) in [6.45, 7) is 6.80. The van der Waals surface area contributed by atoms with Gasteiger partial charge in [-0.15, -0.1) is 0 Å². The fraction of sp³-hybridized carbons (Fsp3) is 0.591. The fourth-order valence-corrected chi connectivity index (χ4v) is 3.23. The minimum atomic E-state index is -0.885. The zero-order valence-corrected chi connectivity index (χ0v) is 18.4. The van der Waals surface area contributed by atoms with Crippen LogP contribution in [-0.4, -0.2) is 62.6 Å². The molecule has 30 heavy (non-hydrogen) atoms. The molecular formula is C22H32N2O6. The summed E-state index contributed by atoms with van der Waals surface area (Å²) in [5, 5.41) is 2.69. The zero-order chi connectivity index (χ0) is 22.3. The molecular weight excluding hydrogens is 388 g/mol. The van der Waals surface area contributed by atoms with Crippen LogP contribution in [0.5, 0.6) is 11.5 Å². The third-order valence-electron chi connectivity index (χ3n) is 5.30. The highest BCUT2D eigenvalue weighted by Crippen LogP contribution is 2.23. The van der Waals surface area contributed by atoms with E-state index in [1.165, 1.54) is 14.2 Å². The summed E-state index contributed by atoms with van der Waals surface area (Å²) >= 11 is 0. The summed E-state index contributed by atoms with van der Waals surface area (Å²) in [5.41, 5.74) is 0.295. The first-order valence-electron chi connectivity index (χ1n) is 10.2. The number of nitrogens with zero attached hydrogens (tertiary/aromatic N) is 1. The van der Waals surface area contributed by atoms with Crippen LogP contribution in [0, 0.1) is 11.8 Å². The van der Waals surface area contributed by atoms with Gasteiger partial charge in [-0.2, -0.15) is 0 Å². The summed E-state index contributed by atoms with van der Waals surface area (Å²) in [6, 6.07) is 3.88. The Morgan fingerprint density at radius 2 is 1.63 bits per heavy atom. The van der Waals surface area contributed by atoms with Crippen LogP contribution in [0.3, 0.4) is 0 Å². The van der Waals surface area contributed by atoms with Crippen LogP contribution in [-0.2, 0) is 14.3 Å². The average molecular weight is 421 g/mol. The molecule has 1 N–H and O–H groups in total. The number of rotatable bonds is 8. The third-order valence-corrected chi connectivity index (χ3v) is 5.30. The largest absolute Gasteiger partial charge is 0.497 e. The van der Waals surface area contributed by atoms with Crippen molar-refractivity contribution < 1.29 is 28.6 Å². The second-order valence-corrected chi connectivity index (χ2v) is 7.97. The van der Waals surface area contributed by atoms with Gasteiger partial charge in [0.15, 0.2) is 6.61 Å². The number of hydrogen-bond donors (Lipinski definition) is 1. The van der Waals surface area contributed by atoms with E-state index >= 15 is 0 Å². The van der Waals surface area contributed by atoms with Crippen molar-refractivity contribution in [3.63, 3.8) is 0 Å². The molecule has 0 spiro atoms. The predicted octanol–water partition coefficient (Wildman–Crippen LogP) is 2.26. The summed E-state index contributed by atoms with van der Waals surface area (Å²) in [4.78, 5) is 39.3. The number of esters is 1. The number of carbonyl (C=O) groups is 3. The lowest BCUT2D eigenvalue weighted by Gasteiger charge is -2.30. The van der Waals surface area contributed by atoms with Crippen molar-refractivity contribution in [2.24, 2.45) is 11.8 Å². The summed E-state index contributed by atoms with van der Waals surface area (Å²) in [7, 11) is 2.98. The van der Waals surface area contributed by atoms with Gasteiger partial charge < -0.3 is 24.4 Å². The minimum Gasteiger partial charge on any atom is -0.497 e. The van der Waals surface area contributed by atoms with Gasteiger partial charge in [-0.3, -0.25) is 9.59 Å². The molecule has 1 aliphatic heterocycles. The number of piperidine rings is 1. The highest BCUT2D eigenvalue weighted by Gasteiger charge is 2.28. The third kappa shape index (κ3) is 6.37. The molecule has 1 aliphatic rings. The molecule has 1 saturated heterocycles. The first-order valence-corrected chi connectivity index (χ1v) is 10.2. The Balaban J connectivity index is 1.98. The molecule has 0 aliphatic carbocycles. The molecule has 1 fully saturated rings. The van der Waals surface area contributed by atoms with Crippen LogP contribution in [0.4, 0.5) is 0 Å². The van der Waals surface area contributed by atoms with E-state index in [2.05, 4.69) is 12.2 Å². The van der Waals surface area contributed by atoms with Crippen LogP contribution < -0.4 is 14.8 Å². The maximum Gasteiger partial charge on any atom is 0.329 e. The molecule has 2 amide bonds. The normalized spacial score (nSPS) is 15.5. The maximum atomic E-state index is 12.7. The maximum absolute atomic E-state index is 12.7. The summed E-state index contributed by atoms with van der Waals surface area (Å²) in [6.07, 6.45) is 1.91. The molecule has 1 heterocycles. The number of nitrogens with one attached hydrogen (secondary N) is 1. The molecule has 0 saturated carbocycles. The van der Waals surface area contributed by atoms with Gasteiger partial charge in [0.25, 0.3) is 11.8 Å². The van der Waals surface area contributed by atoms with Crippen molar-refractivity contribution in [1.29, 1.82) is 0 Å². The molecule has 8 heteroatoms. The Kier molecular flexibility index (Phi) is 8.50. The van der Waals surface area contributed by atoms with Crippen molar-refractivity contribution in [2.75, 3.05) is 33.9 Å². The minimum absolute atomic E-state index is 0.207. The summed E-state index contributed by atoms with van der Waals surface area (Å²) in [5.74, 6) is 0.00856. The second kappa shape index (κ2) is 10.8. The van der Waals surface area contributed by atoms with E-state index in [9.17, 15) is 14.4 Å². The Morgan fingerprint density at radius 3 is 2.13 bits per heavy atom. The van der Waals surface area contributed by atoms with Crippen molar-refractivity contribution in [2.45, 2.75) is 39.7 Å². The molecule has 1 aromatic carbocycles. The van der Waals surface area contributed by atoms with Crippen LogP contribution in [0.2, 0.25) is 0 Å². The number of amides is 2. The molecule has 0 unspecified atom stereocenters. The van der Waals surface area contributed by atoms with Gasteiger partial charge in [0.2, 0.25) is 0 Å². The Labute approximate surface area is 177 Å². The van der Waals surface area contributed by atoms with Gasteiger partial charge in [-0.05, 0) is 36.8 Å². The van der Waals surface area contributed by atoms with Gasteiger partial charge in [-0.1, -0.05) is 20.8 Å². The van der Waals surface area contributed by atoms with E-state index in [1.54, 1.807) is 36.9 Å². The van der Waals surface area contributed by atoms with E-state index in [0.29, 0.717) is 36.1 Å². The van der Waals surface area contributed by atoms with Crippen molar-refractivity contribution in [3.8, 4) is 11.5 Å². The number of likely N-dealkylation sites (tertiary alicyclic amines) is 1. The Bertz CT molecular complexity index is 734. The molecule has 1 aromatic rings. The Morgan fingerprint density at radius 1 is 1.07 bits per heavy atom. The van der Waals surface area contributed by atoms with Crippen LogP contribution in [0.15, 0.2) is 18.2 Å². The van der Waals surface area contributed by atoms with E-state index in [-0.39, 0.29) is 18.4 Å². The number of methoxy groups -OCH3 is 2. The zero-order valence-electron chi connectivity index (χ0n) is 18.4. The lowest BCUT2D eigenvalue weighted by molar-refractivity contribution is -0.155. The number of carbonyl (C=O) groups excluding carboxylic acids is 3. The van der Waals surface area contributed by atoms with E-state index in [1.807, 2.05) is 0 Å². The number of hydrogen-bond acceptors (Lipinski definition) is 6. The monoisotopic (exact) mass is 420 g/mol. The van der Waals surface area contributed by atoms with Crippen molar-refractivity contribution in [3.05, 3.63) is 23.8 Å². The molecule has 0 bridgehead atoms. The van der Waals surface area contributed by atoms with E-state index in [0.717, 1.165) is 12.8 Å². The molecule has 2 rings (SSSR count). The van der Waals surface area contributed by atoms with Gasteiger partial charge in [-0.25, -0.2) is 4.79 Å². The predicted molar refractivity (Wildman–Crippen MR) is 112 cm³/mol. The molecule has 8 nitrogen and oxygen atoms in total. The smallest absolute Gasteiger partial charge is 0.329 e. The van der Waals surface area contributed by atoms with Crippen LogP contribution in [0.25, 0.3) is 0 Å². The molecule has 0 aromatic heterocycles. The lowest BCUT2D eigenvalue weighted by atomic mass is 9.99. The van der Waals surface area contributed by atoms with Crippen molar-refractivity contribution in [1.82, 2.24) is 10.2 Å². The van der Waals surface area contributed by atoms with Gasteiger partial charge in [0.05, 0.1) is 14.2 Å². The van der Waals surface area contributed by atoms with Crippen LogP contribution in [0.1, 0.15) is 44.0 Å². The van der Waals surface area contributed by atoms with Crippen molar-refractivity contribution >= 4 is 17.8 Å².